The molecule has 1 amide bonds. The van der Waals surface area contributed by atoms with Crippen LogP contribution >= 0.6 is 0 Å². The first-order valence-electron chi connectivity index (χ1n) is 8.07. The summed E-state index contributed by atoms with van der Waals surface area (Å²) < 4.78 is 0. The molecule has 1 fully saturated rings. The van der Waals surface area contributed by atoms with Crippen LogP contribution in [0.4, 0.5) is 17.5 Å². The normalized spacial score (nSPS) is 14.6. The number of hydrogen-bond donors (Lipinski definition) is 1. The van der Waals surface area contributed by atoms with Crippen LogP contribution in [0, 0.1) is 13.8 Å². The van der Waals surface area contributed by atoms with E-state index in [2.05, 4.69) is 57.4 Å². The third-order valence-corrected chi connectivity index (χ3v) is 4.05. The van der Waals surface area contributed by atoms with Crippen LogP contribution in [0.25, 0.3) is 0 Å². The van der Waals surface area contributed by atoms with Crippen molar-refractivity contribution in [3.05, 3.63) is 35.5 Å². The number of aromatic nitrogens is 3. The number of anilines is 3. The fourth-order valence-corrected chi connectivity index (χ4v) is 2.90. The maximum atomic E-state index is 11.4. The minimum Gasteiger partial charge on any atom is -0.339 e. The maximum Gasteiger partial charge on any atom is 0.247 e. The lowest BCUT2D eigenvalue weighted by Crippen LogP contribution is -2.48. The minimum absolute atomic E-state index is 0.110. The van der Waals surface area contributed by atoms with Gasteiger partial charge in [-0.05, 0) is 37.1 Å². The first-order chi connectivity index (χ1) is 11.5. The van der Waals surface area contributed by atoms with E-state index in [4.69, 9.17) is 0 Å². The molecular formula is C17H22N6O. The number of nitrogens with zero attached hydrogens (tertiary/aromatic N) is 5. The van der Waals surface area contributed by atoms with Gasteiger partial charge in [-0.1, -0.05) is 6.07 Å². The molecule has 7 heteroatoms. The SMILES string of the molecule is CC(=O)N1CCN(c2nncc(Nc3cc(C)cc(C)c3)n2)CC1. The molecule has 0 atom stereocenters. The highest BCUT2D eigenvalue weighted by Gasteiger charge is 2.20. The molecule has 0 bridgehead atoms. The Morgan fingerprint density at radius 2 is 1.75 bits per heavy atom. The van der Waals surface area contributed by atoms with Gasteiger partial charge in [0.2, 0.25) is 11.9 Å². The van der Waals surface area contributed by atoms with Crippen LogP contribution in [0.2, 0.25) is 0 Å². The average Bonchev–Trinajstić information content (AvgIpc) is 2.54. The molecule has 1 saturated heterocycles. The zero-order valence-electron chi connectivity index (χ0n) is 14.3. The summed E-state index contributed by atoms with van der Waals surface area (Å²) in [5.41, 5.74) is 3.38. The Morgan fingerprint density at radius 1 is 1.08 bits per heavy atom. The van der Waals surface area contributed by atoms with Crippen molar-refractivity contribution < 1.29 is 4.79 Å². The molecule has 7 nitrogen and oxygen atoms in total. The lowest BCUT2D eigenvalue weighted by molar-refractivity contribution is -0.129. The Morgan fingerprint density at radius 3 is 2.38 bits per heavy atom. The van der Waals surface area contributed by atoms with E-state index < -0.39 is 0 Å². The monoisotopic (exact) mass is 326 g/mol. The van der Waals surface area contributed by atoms with E-state index in [-0.39, 0.29) is 5.91 Å². The standard InChI is InChI=1S/C17H22N6O/c1-12-8-13(2)10-15(9-12)19-16-11-18-21-17(20-16)23-6-4-22(5-7-23)14(3)24/h8-11H,4-7H2,1-3H3,(H,19,20,21). The average molecular weight is 326 g/mol. The number of aryl methyl sites for hydroxylation is 2. The lowest BCUT2D eigenvalue weighted by Gasteiger charge is -2.33. The summed E-state index contributed by atoms with van der Waals surface area (Å²) in [4.78, 5) is 19.9. The number of rotatable bonds is 3. The number of carbonyl (C=O) groups excluding carboxylic acids is 1. The first-order valence-corrected chi connectivity index (χ1v) is 8.07. The second-order valence-corrected chi connectivity index (χ2v) is 6.14. The molecule has 2 aromatic rings. The Bertz CT molecular complexity index is 719. The van der Waals surface area contributed by atoms with E-state index >= 15 is 0 Å². The van der Waals surface area contributed by atoms with E-state index in [0.717, 1.165) is 5.69 Å². The molecule has 1 aromatic carbocycles. The van der Waals surface area contributed by atoms with Crippen LogP contribution in [-0.4, -0.2) is 52.2 Å². The Kier molecular flexibility index (Phi) is 4.59. The van der Waals surface area contributed by atoms with Gasteiger partial charge in [0, 0.05) is 38.8 Å². The fourth-order valence-electron chi connectivity index (χ4n) is 2.90. The molecule has 2 heterocycles. The predicted octanol–water partition coefficient (Wildman–Crippen LogP) is 1.90. The second kappa shape index (κ2) is 6.82. The van der Waals surface area contributed by atoms with Gasteiger partial charge in [-0.15, -0.1) is 5.10 Å². The third kappa shape index (κ3) is 3.79. The maximum absolute atomic E-state index is 11.4. The molecule has 0 saturated carbocycles. The van der Waals surface area contributed by atoms with Crippen molar-refractivity contribution in [2.24, 2.45) is 0 Å². The molecule has 3 rings (SSSR count). The summed E-state index contributed by atoms with van der Waals surface area (Å²) >= 11 is 0. The topological polar surface area (TPSA) is 74.2 Å². The molecule has 126 valence electrons. The van der Waals surface area contributed by atoms with Crippen molar-refractivity contribution in [2.45, 2.75) is 20.8 Å². The zero-order chi connectivity index (χ0) is 17.1. The van der Waals surface area contributed by atoms with Crippen LogP contribution in [-0.2, 0) is 4.79 Å². The van der Waals surface area contributed by atoms with Crippen LogP contribution in [0.15, 0.2) is 24.4 Å². The summed E-state index contributed by atoms with van der Waals surface area (Å²) in [6, 6.07) is 6.27. The van der Waals surface area contributed by atoms with Gasteiger partial charge in [0.15, 0.2) is 5.82 Å². The Balaban J connectivity index is 1.71. The van der Waals surface area contributed by atoms with Gasteiger partial charge in [-0.25, -0.2) is 0 Å². The smallest absolute Gasteiger partial charge is 0.247 e. The van der Waals surface area contributed by atoms with Crippen molar-refractivity contribution in [2.75, 3.05) is 36.4 Å². The van der Waals surface area contributed by atoms with Gasteiger partial charge in [0.05, 0.1) is 6.20 Å². The number of piperazine rings is 1. The van der Waals surface area contributed by atoms with Crippen molar-refractivity contribution in [3.63, 3.8) is 0 Å². The Labute approximate surface area is 141 Å². The van der Waals surface area contributed by atoms with Gasteiger partial charge < -0.3 is 15.1 Å². The second-order valence-electron chi connectivity index (χ2n) is 6.14. The van der Waals surface area contributed by atoms with Gasteiger partial charge in [-0.3, -0.25) is 4.79 Å². The van der Waals surface area contributed by atoms with Crippen LogP contribution in [0.3, 0.4) is 0 Å². The van der Waals surface area contributed by atoms with Crippen molar-refractivity contribution >= 4 is 23.4 Å². The quantitative estimate of drug-likeness (QED) is 0.928. The largest absolute Gasteiger partial charge is 0.339 e. The van der Waals surface area contributed by atoms with Crippen molar-refractivity contribution in [1.82, 2.24) is 20.1 Å². The highest BCUT2D eigenvalue weighted by Crippen LogP contribution is 2.19. The summed E-state index contributed by atoms with van der Waals surface area (Å²) in [5, 5.41) is 11.5. The van der Waals surface area contributed by atoms with E-state index in [9.17, 15) is 4.79 Å². The molecule has 1 aromatic heterocycles. The van der Waals surface area contributed by atoms with Crippen molar-refractivity contribution in [1.29, 1.82) is 0 Å². The molecule has 24 heavy (non-hydrogen) atoms. The van der Waals surface area contributed by atoms with Crippen LogP contribution in [0.5, 0.6) is 0 Å². The van der Waals surface area contributed by atoms with Crippen LogP contribution < -0.4 is 10.2 Å². The van der Waals surface area contributed by atoms with Gasteiger partial charge >= 0.3 is 0 Å². The molecule has 0 unspecified atom stereocenters. The molecule has 1 N–H and O–H groups in total. The molecule has 0 radical (unpaired) electrons. The summed E-state index contributed by atoms with van der Waals surface area (Å²) in [6.07, 6.45) is 1.62. The molecule has 0 aliphatic carbocycles. The van der Waals surface area contributed by atoms with E-state index in [1.165, 1.54) is 11.1 Å². The molecule has 1 aliphatic heterocycles. The minimum atomic E-state index is 0.110. The van der Waals surface area contributed by atoms with Crippen LogP contribution in [0.1, 0.15) is 18.1 Å². The van der Waals surface area contributed by atoms with Gasteiger partial charge in [-0.2, -0.15) is 10.1 Å². The number of hydrogen-bond acceptors (Lipinski definition) is 6. The first kappa shape index (κ1) is 16.2. The van der Waals surface area contributed by atoms with E-state index in [1.54, 1.807) is 13.1 Å². The highest BCUT2D eigenvalue weighted by molar-refractivity contribution is 5.73. The number of benzene rings is 1. The molecular weight excluding hydrogens is 304 g/mol. The number of nitrogens with one attached hydrogen (secondary N) is 1. The van der Waals surface area contributed by atoms with Gasteiger partial charge in [0.25, 0.3) is 0 Å². The lowest BCUT2D eigenvalue weighted by atomic mass is 10.1. The predicted molar refractivity (Wildman–Crippen MR) is 93.5 cm³/mol. The number of carbonyl (C=O) groups is 1. The summed E-state index contributed by atoms with van der Waals surface area (Å²) in [6.45, 7) is 8.54. The number of amides is 1. The fraction of sp³-hybridized carbons (Fsp3) is 0.412. The third-order valence-electron chi connectivity index (χ3n) is 4.05. The summed E-state index contributed by atoms with van der Waals surface area (Å²) in [7, 11) is 0. The zero-order valence-corrected chi connectivity index (χ0v) is 14.3. The van der Waals surface area contributed by atoms with E-state index in [1.807, 2.05) is 4.90 Å². The molecule has 1 aliphatic rings. The highest BCUT2D eigenvalue weighted by atomic mass is 16.2. The van der Waals surface area contributed by atoms with Crippen molar-refractivity contribution in [3.8, 4) is 0 Å². The van der Waals surface area contributed by atoms with Gasteiger partial charge in [0.1, 0.15) is 0 Å². The van der Waals surface area contributed by atoms with E-state index in [0.29, 0.717) is 37.9 Å². The molecule has 0 spiro atoms. The summed E-state index contributed by atoms with van der Waals surface area (Å²) in [5.74, 6) is 1.37. The Hall–Kier alpha value is -2.70.